The van der Waals surface area contributed by atoms with Crippen LogP contribution in [0, 0.1) is 11.3 Å². The van der Waals surface area contributed by atoms with Crippen LogP contribution in [-0.2, 0) is 10.0 Å². The van der Waals surface area contributed by atoms with Crippen LogP contribution in [0.3, 0.4) is 0 Å². The average Bonchev–Trinajstić information content (AvgIpc) is 2.74. The van der Waals surface area contributed by atoms with Crippen LogP contribution in [-0.4, -0.2) is 62.1 Å². The molecule has 0 atom stereocenters. The number of pyridine rings is 1. The topological polar surface area (TPSA) is 106 Å². The number of rotatable bonds is 6. The molecule has 1 aliphatic rings. The Bertz CT molecular complexity index is 965. The highest BCUT2D eigenvalue weighted by Gasteiger charge is 2.27. The largest absolute Gasteiger partial charge is 0.354 e. The molecule has 0 saturated carbocycles. The van der Waals surface area contributed by atoms with E-state index in [-0.39, 0.29) is 12.3 Å². The molecule has 2 heterocycles. The Morgan fingerprint density at radius 3 is 2.61 bits per heavy atom. The van der Waals surface area contributed by atoms with Gasteiger partial charge >= 0.3 is 0 Å². The van der Waals surface area contributed by atoms with Crippen LogP contribution < -0.4 is 10.2 Å². The summed E-state index contributed by atoms with van der Waals surface area (Å²) in [5.41, 5.74) is 0.714. The second-order valence-electron chi connectivity index (χ2n) is 6.34. The molecule has 1 amide bonds. The summed E-state index contributed by atoms with van der Waals surface area (Å²) in [6.45, 7) is 1.93. The van der Waals surface area contributed by atoms with E-state index >= 15 is 0 Å². The first-order chi connectivity index (χ1) is 13.5. The zero-order chi connectivity index (χ0) is 20.0. The van der Waals surface area contributed by atoms with Crippen molar-refractivity contribution >= 4 is 21.7 Å². The van der Waals surface area contributed by atoms with Crippen molar-refractivity contribution in [2.24, 2.45) is 0 Å². The van der Waals surface area contributed by atoms with Crippen molar-refractivity contribution in [3.8, 4) is 6.07 Å². The fourth-order valence-electron chi connectivity index (χ4n) is 2.99. The maximum absolute atomic E-state index is 12.5. The molecular formula is C19H21N5O3S. The van der Waals surface area contributed by atoms with E-state index in [1.54, 1.807) is 24.4 Å². The molecule has 146 valence electrons. The fourth-order valence-corrected chi connectivity index (χ4v) is 4.33. The lowest BCUT2D eigenvalue weighted by Crippen LogP contribution is -2.50. The van der Waals surface area contributed by atoms with Gasteiger partial charge in [-0.15, -0.1) is 0 Å². The highest BCUT2D eigenvalue weighted by molar-refractivity contribution is 7.89. The molecule has 1 saturated heterocycles. The van der Waals surface area contributed by atoms with Gasteiger partial charge in [-0.2, -0.15) is 9.57 Å². The van der Waals surface area contributed by atoms with Gasteiger partial charge in [-0.05, 0) is 30.3 Å². The minimum atomic E-state index is -3.46. The molecule has 0 spiro atoms. The Kier molecular flexibility index (Phi) is 6.23. The Morgan fingerprint density at radius 2 is 1.93 bits per heavy atom. The number of carbonyl (C=O) groups is 1. The lowest BCUT2D eigenvalue weighted by atomic mass is 10.1. The van der Waals surface area contributed by atoms with Gasteiger partial charge in [0.1, 0.15) is 5.82 Å². The molecule has 1 aromatic carbocycles. The van der Waals surface area contributed by atoms with Gasteiger partial charge in [-0.3, -0.25) is 4.79 Å². The SMILES string of the molecule is N#Cc1cccc(C(=O)NCCS(=O)(=O)N2CCN(c3ccccn3)CC2)c1. The Labute approximate surface area is 164 Å². The van der Waals surface area contributed by atoms with Crippen LogP contribution in [0.15, 0.2) is 48.7 Å². The standard InChI is InChI=1S/C19H21N5O3S/c20-15-16-4-3-5-17(14-16)19(25)22-8-13-28(26,27)24-11-9-23(10-12-24)18-6-1-2-7-21-18/h1-7,14H,8-13H2,(H,22,25). The summed E-state index contributed by atoms with van der Waals surface area (Å²) < 4.78 is 26.5. The fraction of sp³-hybridized carbons (Fsp3) is 0.316. The quantitative estimate of drug-likeness (QED) is 0.771. The first-order valence-corrected chi connectivity index (χ1v) is 10.5. The summed E-state index contributed by atoms with van der Waals surface area (Å²) in [4.78, 5) is 18.5. The first kappa shape index (κ1) is 19.8. The molecule has 9 heteroatoms. The van der Waals surface area contributed by atoms with Crippen LogP contribution in [0.5, 0.6) is 0 Å². The molecule has 1 fully saturated rings. The summed E-state index contributed by atoms with van der Waals surface area (Å²) in [6.07, 6.45) is 1.72. The van der Waals surface area contributed by atoms with Crippen molar-refractivity contribution in [2.45, 2.75) is 0 Å². The average molecular weight is 399 g/mol. The smallest absolute Gasteiger partial charge is 0.251 e. The summed E-state index contributed by atoms with van der Waals surface area (Å²) >= 11 is 0. The minimum absolute atomic E-state index is 0.0123. The molecule has 1 aromatic heterocycles. The van der Waals surface area contributed by atoms with Crippen molar-refractivity contribution in [2.75, 3.05) is 43.4 Å². The third kappa shape index (κ3) is 4.85. The number of hydrogen-bond donors (Lipinski definition) is 1. The number of anilines is 1. The molecule has 1 aliphatic heterocycles. The van der Waals surface area contributed by atoms with Crippen LogP contribution in [0.1, 0.15) is 15.9 Å². The van der Waals surface area contributed by atoms with Crippen molar-refractivity contribution in [3.63, 3.8) is 0 Å². The van der Waals surface area contributed by atoms with Crippen LogP contribution in [0.2, 0.25) is 0 Å². The molecule has 0 aliphatic carbocycles. The number of carbonyl (C=O) groups excluding carboxylic acids is 1. The van der Waals surface area contributed by atoms with E-state index in [2.05, 4.69) is 15.2 Å². The summed E-state index contributed by atoms with van der Waals surface area (Å²) in [5, 5.41) is 11.5. The molecule has 2 aromatic rings. The normalized spacial score (nSPS) is 15.0. The summed E-state index contributed by atoms with van der Waals surface area (Å²) in [6, 6.07) is 13.9. The van der Waals surface area contributed by atoms with Crippen molar-refractivity contribution in [1.29, 1.82) is 5.26 Å². The molecule has 8 nitrogen and oxygen atoms in total. The molecule has 28 heavy (non-hydrogen) atoms. The zero-order valence-corrected chi connectivity index (χ0v) is 16.1. The number of nitrogens with zero attached hydrogens (tertiary/aromatic N) is 4. The van der Waals surface area contributed by atoms with Gasteiger partial charge in [0.15, 0.2) is 0 Å². The van der Waals surface area contributed by atoms with E-state index in [1.165, 1.54) is 10.4 Å². The number of piperazine rings is 1. The maximum Gasteiger partial charge on any atom is 0.251 e. The highest BCUT2D eigenvalue weighted by atomic mass is 32.2. The summed E-state index contributed by atoms with van der Waals surface area (Å²) in [7, 11) is -3.46. The monoisotopic (exact) mass is 399 g/mol. The highest BCUT2D eigenvalue weighted by Crippen LogP contribution is 2.14. The van der Waals surface area contributed by atoms with Gasteiger partial charge in [0.25, 0.3) is 5.91 Å². The molecule has 0 unspecified atom stereocenters. The Balaban J connectivity index is 1.49. The van der Waals surface area contributed by atoms with E-state index in [1.807, 2.05) is 24.3 Å². The van der Waals surface area contributed by atoms with Gasteiger partial charge in [-0.25, -0.2) is 13.4 Å². The molecule has 1 N–H and O–H groups in total. The van der Waals surface area contributed by atoms with Crippen LogP contribution in [0.4, 0.5) is 5.82 Å². The van der Waals surface area contributed by atoms with Crippen molar-refractivity contribution in [1.82, 2.24) is 14.6 Å². The van der Waals surface area contributed by atoms with Gasteiger partial charge in [0.2, 0.25) is 10.0 Å². The van der Waals surface area contributed by atoms with Crippen LogP contribution >= 0.6 is 0 Å². The summed E-state index contributed by atoms with van der Waals surface area (Å²) in [5.74, 6) is 0.277. The first-order valence-electron chi connectivity index (χ1n) is 8.92. The van der Waals surface area contributed by atoms with Gasteiger partial charge in [0.05, 0.1) is 17.4 Å². The number of amides is 1. The predicted molar refractivity (Wildman–Crippen MR) is 105 cm³/mol. The predicted octanol–water partition coefficient (Wildman–Crippen LogP) is 0.835. The second-order valence-corrected chi connectivity index (χ2v) is 8.43. The van der Waals surface area contributed by atoms with E-state index in [4.69, 9.17) is 5.26 Å². The van der Waals surface area contributed by atoms with E-state index in [0.717, 1.165) is 5.82 Å². The minimum Gasteiger partial charge on any atom is -0.354 e. The Hall–Kier alpha value is -2.96. The maximum atomic E-state index is 12.5. The molecular weight excluding hydrogens is 378 g/mol. The van der Waals surface area contributed by atoms with E-state index in [0.29, 0.717) is 37.3 Å². The Morgan fingerprint density at radius 1 is 1.14 bits per heavy atom. The van der Waals surface area contributed by atoms with Gasteiger partial charge in [-0.1, -0.05) is 12.1 Å². The molecule has 0 radical (unpaired) electrons. The number of nitrogens with one attached hydrogen (secondary N) is 1. The van der Waals surface area contributed by atoms with E-state index < -0.39 is 15.9 Å². The number of hydrogen-bond acceptors (Lipinski definition) is 6. The third-order valence-corrected chi connectivity index (χ3v) is 6.38. The van der Waals surface area contributed by atoms with Gasteiger partial charge in [0, 0.05) is 44.5 Å². The van der Waals surface area contributed by atoms with Crippen molar-refractivity contribution < 1.29 is 13.2 Å². The number of benzene rings is 1. The van der Waals surface area contributed by atoms with Crippen molar-refractivity contribution in [3.05, 3.63) is 59.8 Å². The molecule has 3 rings (SSSR count). The molecule has 0 bridgehead atoms. The lowest BCUT2D eigenvalue weighted by Gasteiger charge is -2.34. The van der Waals surface area contributed by atoms with E-state index in [9.17, 15) is 13.2 Å². The lowest BCUT2D eigenvalue weighted by molar-refractivity contribution is 0.0956. The van der Waals surface area contributed by atoms with Crippen LogP contribution in [0.25, 0.3) is 0 Å². The second kappa shape index (κ2) is 8.82. The van der Waals surface area contributed by atoms with Gasteiger partial charge < -0.3 is 10.2 Å². The number of nitriles is 1. The number of sulfonamides is 1. The zero-order valence-electron chi connectivity index (χ0n) is 15.3. The number of aromatic nitrogens is 1. The third-order valence-electron chi connectivity index (χ3n) is 4.50.